The van der Waals surface area contributed by atoms with Crippen LogP contribution in [0.4, 0.5) is 0 Å². The van der Waals surface area contributed by atoms with E-state index in [1.807, 2.05) is 0 Å². The van der Waals surface area contributed by atoms with Crippen LogP contribution in [0.2, 0.25) is 0 Å². The first kappa shape index (κ1) is 14.0. The van der Waals surface area contributed by atoms with E-state index in [1.165, 1.54) is 45.1 Å². The minimum atomic E-state index is 0.701. The molecule has 0 aromatic rings. The van der Waals surface area contributed by atoms with E-state index in [-0.39, 0.29) is 0 Å². The maximum Gasteiger partial charge on any atom is 0.0220 e. The number of nitrogens with one attached hydrogen (secondary N) is 1. The Labute approximate surface area is 102 Å². The molecule has 0 heterocycles. The molecule has 1 N–H and O–H groups in total. The van der Waals surface area contributed by atoms with Crippen LogP contribution in [-0.2, 0) is 0 Å². The summed E-state index contributed by atoms with van der Waals surface area (Å²) in [6, 6.07) is 1.43. The summed E-state index contributed by atoms with van der Waals surface area (Å²) in [6.45, 7) is 5.84. The summed E-state index contributed by atoms with van der Waals surface area (Å²) in [5.74, 6) is 0.918. The fourth-order valence-corrected chi connectivity index (χ4v) is 2.96. The van der Waals surface area contributed by atoms with E-state index in [1.54, 1.807) is 0 Å². The standard InChI is InChI=1S/C14H30N2/c1-5-8-12(2)16(4)11-14(15-3)13-9-6-7-10-13/h12-15H,5-11H2,1-4H3. The maximum absolute atomic E-state index is 3.53. The molecule has 0 saturated heterocycles. The summed E-state index contributed by atoms with van der Waals surface area (Å²) < 4.78 is 0. The van der Waals surface area contributed by atoms with E-state index in [4.69, 9.17) is 0 Å². The molecule has 1 aliphatic rings. The summed E-state index contributed by atoms with van der Waals surface area (Å²) in [7, 11) is 4.40. The molecule has 1 fully saturated rings. The van der Waals surface area contributed by atoms with Crippen LogP contribution in [0.1, 0.15) is 52.4 Å². The minimum Gasteiger partial charge on any atom is -0.315 e. The van der Waals surface area contributed by atoms with E-state index in [0.717, 1.165) is 12.0 Å². The van der Waals surface area contributed by atoms with E-state index in [0.29, 0.717) is 6.04 Å². The van der Waals surface area contributed by atoms with Gasteiger partial charge < -0.3 is 10.2 Å². The fraction of sp³-hybridized carbons (Fsp3) is 1.00. The second-order valence-electron chi connectivity index (χ2n) is 5.52. The normalized spacial score (nSPS) is 21.6. The SMILES string of the molecule is CCCC(C)N(C)CC(NC)C1CCCC1. The van der Waals surface area contributed by atoms with Crippen LogP contribution in [0.5, 0.6) is 0 Å². The average molecular weight is 226 g/mol. The van der Waals surface area contributed by atoms with Crippen molar-refractivity contribution in [2.45, 2.75) is 64.5 Å². The number of likely N-dealkylation sites (N-methyl/N-ethyl adjacent to an activating group) is 2. The van der Waals surface area contributed by atoms with Gasteiger partial charge in [0.2, 0.25) is 0 Å². The van der Waals surface area contributed by atoms with Crippen LogP contribution in [0, 0.1) is 5.92 Å². The Morgan fingerprint density at radius 1 is 1.31 bits per heavy atom. The first-order chi connectivity index (χ1) is 7.69. The molecule has 0 bridgehead atoms. The maximum atomic E-state index is 3.53. The number of nitrogens with zero attached hydrogens (tertiary/aromatic N) is 1. The van der Waals surface area contributed by atoms with Gasteiger partial charge in [0.15, 0.2) is 0 Å². The predicted octanol–water partition coefficient (Wildman–Crippen LogP) is 2.89. The van der Waals surface area contributed by atoms with Gasteiger partial charge in [0.05, 0.1) is 0 Å². The zero-order valence-electron chi connectivity index (χ0n) is 11.6. The van der Waals surface area contributed by atoms with Gasteiger partial charge in [-0.1, -0.05) is 26.2 Å². The zero-order valence-corrected chi connectivity index (χ0v) is 11.6. The zero-order chi connectivity index (χ0) is 12.0. The lowest BCUT2D eigenvalue weighted by Gasteiger charge is -2.31. The highest BCUT2D eigenvalue weighted by Crippen LogP contribution is 2.28. The molecule has 2 atom stereocenters. The van der Waals surface area contributed by atoms with Gasteiger partial charge >= 0.3 is 0 Å². The van der Waals surface area contributed by atoms with Crippen molar-refractivity contribution in [2.75, 3.05) is 20.6 Å². The third-order valence-corrected chi connectivity index (χ3v) is 4.28. The second-order valence-corrected chi connectivity index (χ2v) is 5.52. The Balaban J connectivity index is 2.36. The lowest BCUT2D eigenvalue weighted by Crippen LogP contribution is -2.44. The highest BCUT2D eigenvalue weighted by Gasteiger charge is 2.25. The molecule has 1 aliphatic carbocycles. The van der Waals surface area contributed by atoms with Crippen LogP contribution < -0.4 is 5.32 Å². The van der Waals surface area contributed by atoms with Crippen molar-refractivity contribution >= 4 is 0 Å². The smallest absolute Gasteiger partial charge is 0.0220 e. The summed E-state index contributed by atoms with van der Waals surface area (Å²) in [5, 5.41) is 3.53. The molecule has 0 radical (unpaired) electrons. The van der Waals surface area contributed by atoms with Crippen molar-refractivity contribution in [3.8, 4) is 0 Å². The van der Waals surface area contributed by atoms with Gasteiger partial charge in [-0.3, -0.25) is 0 Å². The lowest BCUT2D eigenvalue weighted by atomic mass is 9.97. The van der Waals surface area contributed by atoms with Crippen molar-refractivity contribution in [2.24, 2.45) is 5.92 Å². The fourth-order valence-electron chi connectivity index (χ4n) is 2.96. The third kappa shape index (κ3) is 4.06. The molecular formula is C14H30N2. The van der Waals surface area contributed by atoms with Gasteiger partial charge in [0.25, 0.3) is 0 Å². The van der Waals surface area contributed by atoms with Crippen molar-refractivity contribution in [1.82, 2.24) is 10.2 Å². The molecule has 1 saturated carbocycles. The molecule has 0 spiro atoms. The van der Waals surface area contributed by atoms with Crippen LogP contribution in [-0.4, -0.2) is 37.6 Å². The Kier molecular flexibility index (Phi) is 6.37. The molecule has 16 heavy (non-hydrogen) atoms. The Hall–Kier alpha value is -0.0800. The summed E-state index contributed by atoms with van der Waals surface area (Å²) in [4.78, 5) is 2.53. The molecule has 2 heteroatoms. The number of hydrogen-bond donors (Lipinski definition) is 1. The molecule has 0 aliphatic heterocycles. The van der Waals surface area contributed by atoms with E-state index >= 15 is 0 Å². The van der Waals surface area contributed by atoms with Crippen molar-refractivity contribution in [3.05, 3.63) is 0 Å². The summed E-state index contributed by atoms with van der Waals surface area (Å²) in [6.07, 6.45) is 8.36. The van der Waals surface area contributed by atoms with Crippen LogP contribution in [0.25, 0.3) is 0 Å². The highest BCUT2D eigenvalue weighted by molar-refractivity contribution is 4.82. The van der Waals surface area contributed by atoms with Gasteiger partial charge in [-0.2, -0.15) is 0 Å². The number of hydrogen-bond acceptors (Lipinski definition) is 2. The minimum absolute atomic E-state index is 0.701. The van der Waals surface area contributed by atoms with Crippen molar-refractivity contribution < 1.29 is 0 Å². The number of rotatable bonds is 7. The van der Waals surface area contributed by atoms with Crippen LogP contribution in [0.15, 0.2) is 0 Å². The first-order valence-electron chi connectivity index (χ1n) is 7.06. The van der Waals surface area contributed by atoms with Crippen molar-refractivity contribution in [3.63, 3.8) is 0 Å². The van der Waals surface area contributed by atoms with Gasteiger partial charge in [0, 0.05) is 18.6 Å². The van der Waals surface area contributed by atoms with Gasteiger partial charge in [-0.05, 0) is 46.2 Å². The highest BCUT2D eigenvalue weighted by atomic mass is 15.1. The summed E-state index contributed by atoms with van der Waals surface area (Å²) in [5.41, 5.74) is 0. The molecule has 0 aromatic heterocycles. The summed E-state index contributed by atoms with van der Waals surface area (Å²) >= 11 is 0. The molecule has 2 unspecified atom stereocenters. The van der Waals surface area contributed by atoms with Gasteiger partial charge in [-0.25, -0.2) is 0 Å². The quantitative estimate of drug-likeness (QED) is 0.718. The second kappa shape index (κ2) is 7.29. The van der Waals surface area contributed by atoms with Crippen molar-refractivity contribution in [1.29, 1.82) is 0 Å². The first-order valence-corrected chi connectivity index (χ1v) is 7.06. The van der Waals surface area contributed by atoms with E-state index in [2.05, 4.69) is 38.2 Å². The topological polar surface area (TPSA) is 15.3 Å². The molecule has 2 nitrogen and oxygen atoms in total. The van der Waals surface area contributed by atoms with Crippen LogP contribution in [0.3, 0.4) is 0 Å². The Morgan fingerprint density at radius 3 is 2.44 bits per heavy atom. The van der Waals surface area contributed by atoms with E-state index < -0.39 is 0 Å². The molecule has 96 valence electrons. The van der Waals surface area contributed by atoms with Crippen LogP contribution >= 0.6 is 0 Å². The van der Waals surface area contributed by atoms with E-state index in [9.17, 15) is 0 Å². The average Bonchev–Trinajstić information content (AvgIpc) is 2.79. The molecule has 1 rings (SSSR count). The molecule has 0 amide bonds. The lowest BCUT2D eigenvalue weighted by molar-refractivity contribution is 0.195. The Morgan fingerprint density at radius 2 is 1.94 bits per heavy atom. The molecule has 0 aromatic carbocycles. The van der Waals surface area contributed by atoms with Gasteiger partial charge in [-0.15, -0.1) is 0 Å². The largest absolute Gasteiger partial charge is 0.315 e. The monoisotopic (exact) mass is 226 g/mol. The van der Waals surface area contributed by atoms with Gasteiger partial charge in [0.1, 0.15) is 0 Å². The molecular weight excluding hydrogens is 196 g/mol. The Bertz CT molecular complexity index is 176. The predicted molar refractivity (Wildman–Crippen MR) is 71.8 cm³/mol. The third-order valence-electron chi connectivity index (χ3n) is 4.28.